The number of rotatable bonds is 4. The van der Waals surface area contributed by atoms with Crippen LogP contribution in [0.1, 0.15) is 30.3 Å². The Morgan fingerprint density at radius 2 is 2.38 bits per heavy atom. The number of hydrogen-bond donors (Lipinski definition) is 1. The lowest BCUT2D eigenvalue weighted by Gasteiger charge is -2.01. The van der Waals surface area contributed by atoms with E-state index in [9.17, 15) is 4.79 Å². The highest BCUT2D eigenvalue weighted by Gasteiger charge is 2.08. The van der Waals surface area contributed by atoms with E-state index < -0.39 is 5.97 Å². The summed E-state index contributed by atoms with van der Waals surface area (Å²) < 4.78 is 1.52. The van der Waals surface area contributed by atoms with Gasteiger partial charge >= 0.3 is 5.97 Å². The van der Waals surface area contributed by atoms with Crippen LogP contribution in [0, 0.1) is 0 Å². The van der Waals surface area contributed by atoms with Gasteiger partial charge in [0.15, 0.2) is 0 Å². The van der Waals surface area contributed by atoms with Crippen LogP contribution in [0.4, 0.5) is 4.70 Å². The molecule has 0 spiro atoms. The summed E-state index contributed by atoms with van der Waals surface area (Å²) in [5.74, 6) is -0.913. The highest BCUT2D eigenvalue weighted by Crippen LogP contribution is 2.01. The molecule has 0 aliphatic carbocycles. The Labute approximate surface area is 75.5 Å². The first kappa shape index (κ1) is 11.6. The number of carboxylic acids is 1. The lowest BCUT2D eigenvalue weighted by Crippen LogP contribution is -2.09. The van der Waals surface area contributed by atoms with Crippen LogP contribution < -0.4 is 0 Å². The molecule has 0 fully saturated rings. The summed E-state index contributed by atoms with van der Waals surface area (Å²) >= 11 is 0. The van der Waals surface area contributed by atoms with Crippen LogP contribution in [0.25, 0.3) is 0 Å². The van der Waals surface area contributed by atoms with E-state index in [2.05, 4.69) is 12.0 Å². The Hall–Kier alpha value is -1.39. The fourth-order valence-electron chi connectivity index (χ4n) is 1.00. The van der Waals surface area contributed by atoms with Gasteiger partial charge in [-0.1, -0.05) is 13.3 Å². The van der Waals surface area contributed by atoms with Crippen molar-refractivity contribution >= 4 is 5.97 Å². The number of carboxylic acid groups (broad SMARTS) is 1. The van der Waals surface area contributed by atoms with Gasteiger partial charge in [-0.05, 0) is 12.5 Å². The van der Waals surface area contributed by atoms with Crippen molar-refractivity contribution in [1.29, 1.82) is 0 Å². The zero-order valence-corrected chi connectivity index (χ0v) is 7.43. The molecule has 4 nitrogen and oxygen atoms in total. The molecule has 0 amide bonds. The summed E-state index contributed by atoms with van der Waals surface area (Å²) in [5, 5.41) is 12.6. The van der Waals surface area contributed by atoms with Crippen LogP contribution in [-0.4, -0.2) is 20.9 Å². The van der Waals surface area contributed by atoms with E-state index in [0.29, 0.717) is 6.54 Å². The number of unbranched alkanes of at least 4 members (excludes halogenated alkanes) is 1. The van der Waals surface area contributed by atoms with Gasteiger partial charge in [-0.3, -0.25) is 9.39 Å². The second-order valence-electron chi connectivity index (χ2n) is 2.60. The molecule has 0 unspecified atom stereocenters. The van der Waals surface area contributed by atoms with Crippen molar-refractivity contribution in [1.82, 2.24) is 9.78 Å². The fourth-order valence-corrected chi connectivity index (χ4v) is 1.00. The van der Waals surface area contributed by atoms with Crippen molar-refractivity contribution < 1.29 is 14.6 Å². The third-order valence-electron chi connectivity index (χ3n) is 1.66. The third kappa shape index (κ3) is 2.85. The van der Waals surface area contributed by atoms with Gasteiger partial charge in [-0.2, -0.15) is 5.10 Å². The molecule has 0 atom stereocenters. The van der Waals surface area contributed by atoms with Crippen molar-refractivity contribution in [2.75, 3.05) is 0 Å². The van der Waals surface area contributed by atoms with Crippen LogP contribution in [-0.2, 0) is 6.54 Å². The van der Waals surface area contributed by atoms with E-state index in [-0.39, 0.29) is 10.4 Å². The van der Waals surface area contributed by atoms with Crippen LogP contribution >= 0.6 is 0 Å². The molecule has 0 bridgehead atoms. The number of halogens is 1. The molecule has 5 heteroatoms. The topological polar surface area (TPSA) is 55.1 Å². The smallest absolute Gasteiger partial charge is 0.354 e. The molecule has 13 heavy (non-hydrogen) atoms. The molecule has 0 saturated heterocycles. The molecule has 1 heterocycles. The normalized spacial score (nSPS) is 9.31. The summed E-state index contributed by atoms with van der Waals surface area (Å²) in [6.45, 7) is 2.75. The number of carbonyl (C=O) groups is 1. The van der Waals surface area contributed by atoms with Crippen LogP contribution in [0.15, 0.2) is 12.3 Å². The minimum Gasteiger partial charge on any atom is -0.477 e. The Bertz CT molecular complexity index is 273. The Balaban J connectivity index is 0.00000144. The molecule has 0 aromatic carbocycles. The Morgan fingerprint density at radius 3 is 2.92 bits per heavy atom. The van der Waals surface area contributed by atoms with Gasteiger partial charge in [0.05, 0.1) is 0 Å². The second-order valence-corrected chi connectivity index (χ2v) is 2.60. The summed E-state index contributed by atoms with van der Waals surface area (Å²) in [5.41, 5.74) is 0.267. The molecule has 0 radical (unpaired) electrons. The molecule has 0 saturated carbocycles. The minimum absolute atomic E-state index is 0. The molecular formula is C8H13FN2O2. The standard InChI is InChI=1S/C8H12N2O2.FH/c1-2-3-6-10-7(8(11)12)4-5-9-10;/h4-5H,2-3,6H2,1H3,(H,11,12);1H. The highest BCUT2D eigenvalue weighted by atomic mass is 19.0. The van der Waals surface area contributed by atoms with E-state index in [1.807, 2.05) is 0 Å². The SMILES string of the molecule is CCCCn1nccc1C(=O)O.F. The molecule has 1 rings (SSSR count). The predicted octanol–water partition coefficient (Wildman–Crippen LogP) is 1.53. The van der Waals surface area contributed by atoms with Gasteiger partial charge in [-0.25, -0.2) is 4.79 Å². The average molecular weight is 188 g/mol. The van der Waals surface area contributed by atoms with E-state index in [0.717, 1.165) is 12.8 Å². The molecule has 1 aromatic rings. The Kier molecular flexibility index (Phi) is 4.72. The lowest BCUT2D eigenvalue weighted by molar-refractivity contribution is 0.0683. The van der Waals surface area contributed by atoms with E-state index >= 15 is 0 Å². The maximum Gasteiger partial charge on any atom is 0.354 e. The zero-order chi connectivity index (χ0) is 8.97. The van der Waals surface area contributed by atoms with Crippen LogP contribution in [0.3, 0.4) is 0 Å². The summed E-state index contributed by atoms with van der Waals surface area (Å²) in [4.78, 5) is 10.6. The van der Waals surface area contributed by atoms with Gasteiger partial charge in [-0.15, -0.1) is 0 Å². The van der Waals surface area contributed by atoms with E-state index in [1.54, 1.807) is 0 Å². The summed E-state index contributed by atoms with van der Waals surface area (Å²) in [6, 6.07) is 1.51. The molecule has 1 aromatic heterocycles. The first-order chi connectivity index (χ1) is 5.75. The van der Waals surface area contributed by atoms with Gasteiger partial charge in [0, 0.05) is 12.7 Å². The number of aryl methyl sites for hydroxylation is 1. The van der Waals surface area contributed by atoms with Crippen molar-refractivity contribution in [2.24, 2.45) is 0 Å². The maximum absolute atomic E-state index is 10.6. The van der Waals surface area contributed by atoms with Gasteiger partial charge in [0.25, 0.3) is 0 Å². The lowest BCUT2D eigenvalue weighted by atomic mass is 10.3. The number of nitrogens with zero attached hydrogens (tertiary/aromatic N) is 2. The van der Waals surface area contributed by atoms with Gasteiger partial charge < -0.3 is 5.11 Å². The molecule has 74 valence electrons. The van der Waals surface area contributed by atoms with Crippen molar-refractivity contribution in [3.63, 3.8) is 0 Å². The number of aromatic carboxylic acids is 1. The average Bonchev–Trinajstić information content (AvgIpc) is 2.48. The first-order valence-electron chi connectivity index (χ1n) is 4.00. The highest BCUT2D eigenvalue weighted by molar-refractivity contribution is 5.85. The van der Waals surface area contributed by atoms with Crippen molar-refractivity contribution in [2.45, 2.75) is 26.3 Å². The number of aromatic nitrogens is 2. The van der Waals surface area contributed by atoms with Crippen LogP contribution in [0.5, 0.6) is 0 Å². The number of hydrogen-bond acceptors (Lipinski definition) is 2. The predicted molar refractivity (Wildman–Crippen MR) is 46.6 cm³/mol. The quantitative estimate of drug-likeness (QED) is 0.779. The zero-order valence-electron chi connectivity index (χ0n) is 7.43. The minimum atomic E-state index is -0.913. The van der Waals surface area contributed by atoms with Gasteiger partial charge in [0.1, 0.15) is 5.69 Å². The first-order valence-corrected chi connectivity index (χ1v) is 4.00. The largest absolute Gasteiger partial charge is 0.477 e. The van der Waals surface area contributed by atoms with Crippen molar-refractivity contribution in [3.05, 3.63) is 18.0 Å². The van der Waals surface area contributed by atoms with Crippen LogP contribution in [0.2, 0.25) is 0 Å². The Morgan fingerprint density at radius 1 is 1.69 bits per heavy atom. The van der Waals surface area contributed by atoms with E-state index in [4.69, 9.17) is 5.11 Å². The van der Waals surface area contributed by atoms with Gasteiger partial charge in [0.2, 0.25) is 0 Å². The summed E-state index contributed by atoms with van der Waals surface area (Å²) in [7, 11) is 0. The molecule has 0 aliphatic rings. The van der Waals surface area contributed by atoms with Crippen molar-refractivity contribution in [3.8, 4) is 0 Å². The van der Waals surface area contributed by atoms with E-state index in [1.165, 1.54) is 16.9 Å². The fraction of sp³-hybridized carbons (Fsp3) is 0.500. The molecular weight excluding hydrogens is 175 g/mol. The maximum atomic E-state index is 10.6. The second kappa shape index (κ2) is 5.29. The molecule has 0 aliphatic heterocycles. The summed E-state index contributed by atoms with van der Waals surface area (Å²) in [6.07, 6.45) is 3.51. The molecule has 1 N–H and O–H groups in total. The monoisotopic (exact) mass is 188 g/mol. The third-order valence-corrected chi connectivity index (χ3v) is 1.66.